The fraction of sp³-hybridized carbons (Fsp3) is 0.458. The molecule has 0 aliphatic carbocycles. The van der Waals surface area contributed by atoms with Gasteiger partial charge in [0.1, 0.15) is 0 Å². The first kappa shape index (κ1) is 27.9. The molecule has 0 unspecified atom stereocenters. The van der Waals surface area contributed by atoms with Crippen molar-refractivity contribution in [3.63, 3.8) is 0 Å². The van der Waals surface area contributed by atoms with Gasteiger partial charge in [-0.05, 0) is 36.4 Å². The van der Waals surface area contributed by atoms with Crippen LogP contribution in [0.15, 0.2) is 46.2 Å². The summed E-state index contributed by atoms with van der Waals surface area (Å²) < 4.78 is 42.3. The lowest BCUT2D eigenvalue weighted by molar-refractivity contribution is -0.192. The molecule has 2 heterocycles. The molecular weight excluding hydrogens is 497 g/mol. The van der Waals surface area contributed by atoms with Crippen molar-refractivity contribution in [2.45, 2.75) is 16.0 Å². The average molecular weight is 529 g/mol. The number of fused-ring (bicyclic) bond motifs is 2. The zero-order chi connectivity index (χ0) is 26.1. The van der Waals surface area contributed by atoms with Crippen molar-refractivity contribution in [2.24, 2.45) is 0 Å². The number of nitrogens with one attached hydrogen (secondary N) is 2. The lowest BCUT2D eigenvalue weighted by atomic mass is 10.2. The van der Waals surface area contributed by atoms with Gasteiger partial charge in [0.05, 0.1) is 24.6 Å². The molecular formula is C24H31F3N4O4S. The van der Waals surface area contributed by atoms with Crippen LogP contribution in [0.3, 0.4) is 0 Å². The van der Waals surface area contributed by atoms with E-state index in [0.29, 0.717) is 13.2 Å². The molecule has 4 rings (SSSR count). The summed E-state index contributed by atoms with van der Waals surface area (Å²) >= 11 is 1.85. The standard InChI is InChI=1S/C22H30N4O2S.C2HF3O2/c1-27-13-11-26(12-14-28-2)18-4-6-20-22(16-18)29-21-15-17(3-5-19(21)24-20)25-9-7-23-8-10-25;3-2(4,5)1(6)7/h3-6,15-16,23-24H,7-14H2,1-2H3;(H,6,7). The molecule has 36 heavy (non-hydrogen) atoms. The van der Waals surface area contributed by atoms with Crippen LogP contribution in [0.4, 0.5) is 35.9 Å². The maximum absolute atomic E-state index is 10.6. The summed E-state index contributed by atoms with van der Waals surface area (Å²) in [5, 5.41) is 14.2. The van der Waals surface area contributed by atoms with Crippen LogP contribution in [0.1, 0.15) is 0 Å². The molecule has 0 bridgehead atoms. The molecule has 0 saturated carbocycles. The summed E-state index contributed by atoms with van der Waals surface area (Å²) in [5.41, 5.74) is 4.86. The van der Waals surface area contributed by atoms with Crippen LogP contribution in [-0.2, 0) is 14.3 Å². The first-order chi connectivity index (χ1) is 17.2. The van der Waals surface area contributed by atoms with Gasteiger partial charge in [-0.2, -0.15) is 13.2 Å². The van der Waals surface area contributed by atoms with E-state index < -0.39 is 12.1 Å². The second-order valence-corrected chi connectivity index (χ2v) is 9.18. The summed E-state index contributed by atoms with van der Waals surface area (Å²) in [5.74, 6) is -2.76. The molecule has 0 spiro atoms. The maximum atomic E-state index is 10.6. The van der Waals surface area contributed by atoms with E-state index in [2.05, 4.69) is 56.8 Å². The SMILES string of the molecule is COCCN(CCOC)c1ccc2c(c1)Sc1cc(N3CCNCC3)ccc1N2.O=C(O)C(F)(F)F. The quantitative estimate of drug-likeness (QED) is 0.401. The third-order valence-electron chi connectivity index (χ3n) is 5.64. The van der Waals surface area contributed by atoms with Crippen LogP contribution in [0.25, 0.3) is 0 Å². The number of methoxy groups -OCH3 is 2. The van der Waals surface area contributed by atoms with Crippen LogP contribution in [0, 0.1) is 0 Å². The van der Waals surface area contributed by atoms with Gasteiger partial charge in [0.25, 0.3) is 0 Å². The molecule has 198 valence electrons. The molecule has 12 heteroatoms. The predicted octanol–water partition coefficient (Wildman–Crippen LogP) is 4.04. The minimum Gasteiger partial charge on any atom is -0.475 e. The number of ether oxygens (including phenoxy) is 2. The number of hydrogen-bond donors (Lipinski definition) is 3. The minimum absolute atomic E-state index is 0.697. The lowest BCUT2D eigenvalue weighted by Crippen LogP contribution is -2.43. The smallest absolute Gasteiger partial charge is 0.475 e. The van der Waals surface area contributed by atoms with E-state index in [9.17, 15) is 13.2 Å². The fourth-order valence-electron chi connectivity index (χ4n) is 3.75. The molecule has 0 radical (unpaired) electrons. The molecule has 0 atom stereocenters. The first-order valence-electron chi connectivity index (χ1n) is 11.4. The van der Waals surface area contributed by atoms with Gasteiger partial charge in [-0.15, -0.1) is 0 Å². The van der Waals surface area contributed by atoms with E-state index in [4.69, 9.17) is 19.4 Å². The van der Waals surface area contributed by atoms with Crippen LogP contribution in [0.5, 0.6) is 0 Å². The van der Waals surface area contributed by atoms with E-state index in [-0.39, 0.29) is 0 Å². The summed E-state index contributed by atoms with van der Waals surface area (Å²) in [4.78, 5) is 16.2. The number of nitrogens with zero attached hydrogens (tertiary/aromatic N) is 2. The van der Waals surface area contributed by atoms with Crippen molar-refractivity contribution < 1.29 is 32.5 Å². The van der Waals surface area contributed by atoms with Gasteiger partial charge in [0.15, 0.2) is 0 Å². The van der Waals surface area contributed by atoms with Crippen molar-refractivity contribution in [2.75, 3.05) is 81.8 Å². The molecule has 0 aromatic heterocycles. The van der Waals surface area contributed by atoms with E-state index in [1.807, 2.05) is 11.8 Å². The zero-order valence-electron chi connectivity index (χ0n) is 20.2. The van der Waals surface area contributed by atoms with Crippen LogP contribution >= 0.6 is 11.8 Å². The van der Waals surface area contributed by atoms with E-state index >= 15 is 0 Å². The summed E-state index contributed by atoms with van der Waals surface area (Å²) in [6.45, 7) is 7.31. The summed E-state index contributed by atoms with van der Waals surface area (Å²) in [7, 11) is 3.49. The van der Waals surface area contributed by atoms with Gasteiger partial charge in [0, 0.05) is 74.7 Å². The number of alkyl halides is 3. The maximum Gasteiger partial charge on any atom is 0.490 e. The second kappa shape index (κ2) is 13.0. The normalized spacial score (nSPS) is 14.6. The largest absolute Gasteiger partial charge is 0.490 e. The number of piperazine rings is 1. The highest BCUT2D eigenvalue weighted by Gasteiger charge is 2.38. The van der Waals surface area contributed by atoms with Crippen molar-refractivity contribution in [3.8, 4) is 0 Å². The molecule has 8 nitrogen and oxygen atoms in total. The van der Waals surface area contributed by atoms with Gasteiger partial charge in [-0.25, -0.2) is 4.79 Å². The monoisotopic (exact) mass is 528 g/mol. The molecule has 1 fully saturated rings. The summed E-state index contributed by atoms with van der Waals surface area (Å²) in [6, 6.07) is 13.4. The number of carbonyl (C=O) groups is 1. The molecule has 2 aromatic carbocycles. The topological polar surface area (TPSA) is 86.3 Å². The number of halogens is 3. The van der Waals surface area contributed by atoms with Crippen LogP contribution in [-0.4, -0.2) is 84.0 Å². The molecule has 1 saturated heterocycles. The van der Waals surface area contributed by atoms with Gasteiger partial charge in [-0.1, -0.05) is 11.8 Å². The third kappa shape index (κ3) is 7.66. The third-order valence-corrected chi connectivity index (χ3v) is 6.76. The summed E-state index contributed by atoms with van der Waals surface area (Å²) in [6.07, 6.45) is -5.08. The van der Waals surface area contributed by atoms with Crippen LogP contribution < -0.4 is 20.4 Å². The van der Waals surface area contributed by atoms with Gasteiger partial charge >= 0.3 is 12.1 Å². The highest BCUT2D eigenvalue weighted by Crippen LogP contribution is 2.46. The van der Waals surface area contributed by atoms with Crippen molar-refractivity contribution in [1.29, 1.82) is 0 Å². The number of carboxylic acids is 1. The molecule has 2 aliphatic heterocycles. The van der Waals surface area contributed by atoms with Gasteiger partial charge in [-0.3, -0.25) is 0 Å². The first-order valence-corrected chi connectivity index (χ1v) is 12.3. The lowest BCUT2D eigenvalue weighted by Gasteiger charge is -2.31. The molecule has 2 aromatic rings. The number of carboxylic acid groups (broad SMARTS) is 1. The highest BCUT2D eigenvalue weighted by atomic mass is 32.2. The Morgan fingerprint density at radius 2 is 1.58 bits per heavy atom. The van der Waals surface area contributed by atoms with Crippen molar-refractivity contribution in [1.82, 2.24) is 5.32 Å². The number of rotatable bonds is 8. The van der Waals surface area contributed by atoms with Gasteiger partial charge < -0.3 is 35.0 Å². The molecule has 3 N–H and O–H groups in total. The van der Waals surface area contributed by atoms with E-state index in [1.54, 1.807) is 14.2 Å². The molecule has 0 amide bonds. The highest BCUT2D eigenvalue weighted by molar-refractivity contribution is 7.99. The Bertz CT molecular complexity index is 1010. The van der Waals surface area contributed by atoms with Crippen LogP contribution in [0.2, 0.25) is 0 Å². The Morgan fingerprint density at radius 1 is 1.03 bits per heavy atom. The molecule has 2 aliphatic rings. The Kier molecular flexibility index (Phi) is 10.1. The fourth-order valence-corrected chi connectivity index (χ4v) is 4.80. The predicted molar refractivity (Wildman–Crippen MR) is 135 cm³/mol. The van der Waals surface area contributed by atoms with Crippen molar-refractivity contribution >= 4 is 40.5 Å². The average Bonchev–Trinajstić information content (AvgIpc) is 2.87. The van der Waals surface area contributed by atoms with Crippen molar-refractivity contribution in [3.05, 3.63) is 36.4 Å². The Hall–Kier alpha value is -2.67. The Balaban J connectivity index is 0.000000454. The Morgan fingerprint density at radius 3 is 2.14 bits per heavy atom. The van der Waals surface area contributed by atoms with Gasteiger partial charge in [0.2, 0.25) is 0 Å². The van der Waals surface area contributed by atoms with E-state index in [0.717, 1.165) is 39.3 Å². The second-order valence-electron chi connectivity index (χ2n) is 8.10. The number of aliphatic carboxylic acids is 1. The minimum atomic E-state index is -5.08. The zero-order valence-corrected chi connectivity index (χ0v) is 21.0. The van der Waals surface area contributed by atoms with E-state index in [1.165, 1.54) is 32.5 Å². The number of benzene rings is 2. The number of anilines is 4. The Labute approximate surface area is 212 Å². The number of hydrogen-bond acceptors (Lipinski definition) is 8.